The minimum Gasteiger partial charge on any atom is -0.377 e. The molecule has 0 bridgehead atoms. The highest BCUT2D eigenvalue weighted by atomic mass is 16.5. The number of morpholine rings is 1. The van der Waals surface area contributed by atoms with Crippen LogP contribution in [-0.2, 0) is 14.3 Å². The number of aromatic nitrogens is 2. The first kappa shape index (κ1) is 15.1. The third-order valence-electron chi connectivity index (χ3n) is 5.09. The molecule has 2 saturated heterocycles. The molecule has 1 unspecified atom stereocenters. The van der Waals surface area contributed by atoms with Gasteiger partial charge in [-0.2, -0.15) is 5.10 Å². The number of carbonyl (C=O) groups excluding carboxylic acids is 1. The monoisotopic (exact) mass is 320 g/mol. The summed E-state index contributed by atoms with van der Waals surface area (Å²) in [6, 6.07) is 2.36. The summed E-state index contributed by atoms with van der Waals surface area (Å²) >= 11 is 0. The summed E-state index contributed by atoms with van der Waals surface area (Å²) in [5.41, 5.74) is 0.967. The van der Waals surface area contributed by atoms with Gasteiger partial charge in [0.15, 0.2) is 0 Å². The largest absolute Gasteiger partial charge is 0.377 e. The van der Waals surface area contributed by atoms with Crippen LogP contribution in [0, 0.1) is 5.92 Å². The number of ether oxygens (including phenoxy) is 2. The maximum atomic E-state index is 12.6. The maximum absolute atomic E-state index is 12.6. The molecule has 1 aromatic heterocycles. The van der Waals surface area contributed by atoms with Crippen LogP contribution in [0.5, 0.6) is 0 Å². The van der Waals surface area contributed by atoms with Crippen molar-refractivity contribution in [1.82, 2.24) is 20.4 Å². The molecule has 126 valence electrons. The quantitative estimate of drug-likeness (QED) is 0.824. The van der Waals surface area contributed by atoms with Gasteiger partial charge in [-0.25, -0.2) is 0 Å². The third kappa shape index (κ3) is 3.27. The minimum absolute atomic E-state index is 0.0470. The molecule has 1 saturated carbocycles. The molecular formula is C16H24N4O3. The van der Waals surface area contributed by atoms with Gasteiger partial charge in [0, 0.05) is 25.4 Å². The molecule has 3 fully saturated rings. The normalized spacial score (nSPS) is 31.5. The van der Waals surface area contributed by atoms with Gasteiger partial charge in [-0.1, -0.05) is 0 Å². The molecule has 7 heteroatoms. The van der Waals surface area contributed by atoms with Crippen LogP contribution in [0.3, 0.4) is 0 Å². The minimum atomic E-state index is -0.0470. The van der Waals surface area contributed by atoms with Crippen LogP contribution >= 0.6 is 0 Å². The molecule has 0 spiro atoms. The van der Waals surface area contributed by atoms with Crippen LogP contribution in [0.1, 0.15) is 31.1 Å². The highest BCUT2D eigenvalue weighted by Gasteiger charge is 2.39. The molecule has 2 N–H and O–H groups in total. The van der Waals surface area contributed by atoms with Crippen molar-refractivity contribution in [1.29, 1.82) is 0 Å². The Balaban J connectivity index is 1.33. The number of nitrogens with one attached hydrogen (secondary N) is 2. The Morgan fingerprint density at radius 1 is 1.39 bits per heavy atom. The van der Waals surface area contributed by atoms with E-state index in [2.05, 4.69) is 15.5 Å². The SMILES string of the molecule is O=C(CN[C@@H]1CCO[C@H]1c1ccn[nH]1)N1CCOCC1C1CC1. The molecule has 0 radical (unpaired) electrons. The highest BCUT2D eigenvalue weighted by molar-refractivity contribution is 5.78. The summed E-state index contributed by atoms with van der Waals surface area (Å²) in [6.45, 7) is 3.13. The van der Waals surface area contributed by atoms with Gasteiger partial charge in [0.05, 0.1) is 31.5 Å². The fourth-order valence-corrected chi connectivity index (χ4v) is 3.65. The van der Waals surface area contributed by atoms with Gasteiger partial charge in [0.25, 0.3) is 0 Å². The lowest BCUT2D eigenvalue weighted by atomic mass is 10.1. The maximum Gasteiger partial charge on any atom is 0.236 e. The van der Waals surface area contributed by atoms with Gasteiger partial charge in [0.2, 0.25) is 5.91 Å². The van der Waals surface area contributed by atoms with Crippen LogP contribution in [0.4, 0.5) is 0 Å². The highest BCUT2D eigenvalue weighted by Crippen LogP contribution is 2.36. The van der Waals surface area contributed by atoms with E-state index in [9.17, 15) is 4.79 Å². The van der Waals surface area contributed by atoms with Crippen molar-refractivity contribution < 1.29 is 14.3 Å². The average Bonchev–Trinajstić information content (AvgIpc) is 3.09. The first-order valence-corrected chi connectivity index (χ1v) is 8.54. The van der Waals surface area contributed by atoms with Gasteiger partial charge in [0.1, 0.15) is 6.10 Å². The van der Waals surface area contributed by atoms with E-state index in [1.54, 1.807) is 6.20 Å². The fourth-order valence-electron chi connectivity index (χ4n) is 3.65. The number of amides is 1. The Morgan fingerprint density at radius 2 is 2.30 bits per heavy atom. The summed E-state index contributed by atoms with van der Waals surface area (Å²) in [4.78, 5) is 14.7. The Labute approximate surface area is 135 Å². The third-order valence-corrected chi connectivity index (χ3v) is 5.09. The van der Waals surface area contributed by atoms with Crippen LogP contribution in [0.2, 0.25) is 0 Å². The van der Waals surface area contributed by atoms with Gasteiger partial charge < -0.3 is 19.7 Å². The van der Waals surface area contributed by atoms with Crippen molar-refractivity contribution in [2.24, 2.45) is 5.92 Å². The van der Waals surface area contributed by atoms with Crippen LogP contribution < -0.4 is 5.32 Å². The number of nitrogens with zero attached hydrogens (tertiary/aromatic N) is 2. The Bertz CT molecular complexity index is 531. The summed E-state index contributed by atoms with van der Waals surface area (Å²) in [7, 11) is 0. The predicted octanol–water partition coefficient (Wildman–Crippen LogP) is 0.467. The molecule has 3 aliphatic rings. The van der Waals surface area contributed by atoms with Gasteiger partial charge in [-0.3, -0.25) is 9.89 Å². The van der Waals surface area contributed by atoms with E-state index in [-0.39, 0.29) is 24.1 Å². The van der Waals surface area contributed by atoms with Crippen molar-refractivity contribution in [2.75, 3.05) is 32.9 Å². The van der Waals surface area contributed by atoms with Gasteiger partial charge >= 0.3 is 0 Å². The number of aromatic amines is 1. The molecule has 7 nitrogen and oxygen atoms in total. The van der Waals surface area contributed by atoms with Crippen molar-refractivity contribution in [2.45, 2.75) is 37.5 Å². The molecule has 1 aromatic rings. The van der Waals surface area contributed by atoms with Gasteiger partial charge in [-0.05, 0) is 31.2 Å². The first-order valence-electron chi connectivity index (χ1n) is 8.54. The topological polar surface area (TPSA) is 79.5 Å². The molecular weight excluding hydrogens is 296 g/mol. The number of carbonyl (C=O) groups is 1. The van der Waals surface area contributed by atoms with Crippen molar-refractivity contribution in [3.63, 3.8) is 0 Å². The van der Waals surface area contributed by atoms with E-state index < -0.39 is 0 Å². The smallest absolute Gasteiger partial charge is 0.236 e. The Hall–Kier alpha value is -1.44. The molecule has 1 aliphatic carbocycles. The number of H-pyrrole nitrogens is 1. The second kappa shape index (κ2) is 6.59. The molecule has 3 heterocycles. The number of rotatable bonds is 5. The molecule has 23 heavy (non-hydrogen) atoms. The van der Waals surface area contributed by atoms with E-state index in [1.807, 2.05) is 11.0 Å². The van der Waals surface area contributed by atoms with Gasteiger partial charge in [-0.15, -0.1) is 0 Å². The van der Waals surface area contributed by atoms with E-state index in [4.69, 9.17) is 9.47 Å². The van der Waals surface area contributed by atoms with E-state index in [0.717, 1.165) is 12.1 Å². The Kier molecular flexibility index (Phi) is 4.33. The lowest BCUT2D eigenvalue weighted by Crippen LogP contribution is -2.53. The van der Waals surface area contributed by atoms with E-state index in [0.29, 0.717) is 38.8 Å². The van der Waals surface area contributed by atoms with Crippen molar-refractivity contribution >= 4 is 5.91 Å². The molecule has 2 aliphatic heterocycles. The summed E-state index contributed by atoms with van der Waals surface area (Å²) < 4.78 is 11.3. The van der Waals surface area contributed by atoms with Crippen LogP contribution in [-0.4, -0.2) is 66.0 Å². The van der Waals surface area contributed by atoms with E-state index >= 15 is 0 Å². The predicted molar refractivity (Wildman–Crippen MR) is 82.7 cm³/mol. The molecule has 4 rings (SSSR count). The Morgan fingerprint density at radius 3 is 3.09 bits per heavy atom. The summed E-state index contributed by atoms with van der Waals surface area (Å²) in [5.74, 6) is 0.826. The molecule has 0 aromatic carbocycles. The van der Waals surface area contributed by atoms with E-state index in [1.165, 1.54) is 12.8 Å². The molecule has 3 atom stereocenters. The number of hydrogen-bond donors (Lipinski definition) is 2. The first-order chi connectivity index (χ1) is 11.3. The van der Waals surface area contributed by atoms with Crippen LogP contribution in [0.25, 0.3) is 0 Å². The summed E-state index contributed by atoms with van der Waals surface area (Å²) in [6.07, 6.45) is 5.04. The zero-order valence-electron chi connectivity index (χ0n) is 13.2. The van der Waals surface area contributed by atoms with Crippen molar-refractivity contribution in [3.05, 3.63) is 18.0 Å². The standard InChI is InChI=1S/C16H24N4O3/c21-15(20-6-8-22-10-14(20)11-1-2-11)9-17-12-4-7-23-16(12)13-3-5-18-19-13/h3,5,11-12,14,16-17H,1-2,4,6-10H2,(H,18,19)/t12-,14?,16-/m1/s1. The second-order valence-electron chi connectivity index (χ2n) is 6.65. The zero-order valence-corrected chi connectivity index (χ0v) is 13.2. The number of hydrogen-bond acceptors (Lipinski definition) is 5. The molecule has 1 amide bonds. The summed E-state index contributed by atoms with van der Waals surface area (Å²) in [5, 5.41) is 10.3. The second-order valence-corrected chi connectivity index (χ2v) is 6.65. The average molecular weight is 320 g/mol. The lowest BCUT2D eigenvalue weighted by molar-refractivity contribution is -0.140. The zero-order chi connectivity index (χ0) is 15.6. The fraction of sp³-hybridized carbons (Fsp3) is 0.750. The lowest BCUT2D eigenvalue weighted by Gasteiger charge is -2.36. The van der Waals surface area contributed by atoms with Crippen molar-refractivity contribution in [3.8, 4) is 0 Å². The van der Waals surface area contributed by atoms with Crippen LogP contribution in [0.15, 0.2) is 12.3 Å².